The molecule has 2 fully saturated rings. The topological polar surface area (TPSA) is 41.4 Å². The third kappa shape index (κ3) is 3.85. The fraction of sp³-hybridized carbons (Fsp3) is 0.292. The number of rotatable bonds is 4. The summed E-state index contributed by atoms with van der Waals surface area (Å²) in [5.41, 5.74) is 5.66. The number of aromatic nitrogens is 2. The second kappa shape index (κ2) is 8.62. The molecule has 170 valence electrons. The van der Waals surface area contributed by atoms with Crippen LogP contribution in [0.15, 0.2) is 42.5 Å². The van der Waals surface area contributed by atoms with Crippen LogP contribution >= 0.6 is 47.2 Å². The molecule has 2 aliphatic rings. The molecule has 2 aromatic carbocycles. The molecule has 0 bridgehead atoms. The van der Waals surface area contributed by atoms with Gasteiger partial charge in [0.25, 0.3) is 5.91 Å². The van der Waals surface area contributed by atoms with Gasteiger partial charge >= 0.3 is 0 Å². The van der Waals surface area contributed by atoms with E-state index in [0.717, 1.165) is 28.2 Å². The summed E-state index contributed by atoms with van der Waals surface area (Å²) in [7, 11) is 0. The number of thioether (sulfide) groups is 1. The minimum Gasteiger partial charge on any atom is -0.319 e. The van der Waals surface area contributed by atoms with Gasteiger partial charge in [-0.05, 0) is 56.2 Å². The zero-order chi connectivity index (χ0) is 23.4. The zero-order valence-electron chi connectivity index (χ0n) is 18.4. The third-order valence-corrected chi connectivity index (χ3v) is 8.49. The Morgan fingerprint density at radius 1 is 1.12 bits per heavy atom. The van der Waals surface area contributed by atoms with E-state index in [-0.39, 0.29) is 17.3 Å². The molecule has 0 spiro atoms. The Bertz CT molecular complexity index is 1270. The fourth-order valence-electron chi connectivity index (χ4n) is 4.46. The lowest BCUT2D eigenvalue weighted by Crippen LogP contribution is -2.34. The first-order valence-electron chi connectivity index (χ1n) is 10.6. The van der Waals surface area contributed by atoms with Crippen LogP contribution in [-0.4, -0.2) is 37.5 Å². The first-order chi connectivity index (χ1) is 15.8. The average molecular weight is 518 g/mol. The van der Waals surface area contributed by atoms with E-state index in [1.54, 1.807) is 22.7 Å². The summed E-state index contributed by atoms with van der Waals surface area (Å²) in [6.45, 7) is 6.42. The predicted molar refractivity (Wildman–Crippen MR) is 139 cm³/mol. The van der Waals surface area contributed by atoms with Crippen LogP contribution in [0.2, 0.25) is 10.0 Å². The molecule has 2 atom stereocenters. The number of nitrogens with zero attached hydrogens (tertiary/aromatic N) is 4. The molecule has 3 aromatic rings. The summed E-state index contributed by atoms with van der Waals surface area (Å²) in [5.74, 6) is 0.720. The Morgan fingerprint density at radius 3 is 2.55 bits per heavy atom. The maximum absolute atomic E-state index is 13.5. The van der Waals surface area contributed by atoms with Gasteiger partial charge in [-0.3, -0.25) is 14.4 Å². The number of aryl methyl sites for hydroxylation is 2. The molecule has 2 saturated heterocycles. The maximum Gasteiger partial charge on any atom is 0.257 e. The molecule has 1 amide bonds. The Balaban J connectivity index is 1.47. The van der Waals surface area contributed by atoms with Gasteiger partial charge in [0.15, 0.2) is 5.11 Å². The van der Waals surface area contributed by atoms with Crippen molar-refractivity contribution in [2.45, 2.75) is 38.7 Å². The number of amides is 1. The molecule has 0 aliphatic carbocycles. The number of anilines is 1. The molecule has 1 aromatic heterocycles. The van der Waals surface area contributed by atoms with Crippen molar-refractivity contribution in [2.24, 2.45) is 0 Å². The largest absolute Gasteiger partial charge is 0.319 e. The Labute approximate surface area is 212 Å². The number of thiocarbonyl (C=S) groups is 1. The fourth-order valence-corrected chi connectivity index (χ4v) is 6.83. The summed E-state index contributed by atoms with van der Waals surface area (Å²) < 4.78 is 1.87. The molecule has 5 nitrogen and oxygen atoms in total. The first kappa shape index (κ1) is 22.7. The summed E-state index contributed by atoms with van der Waals surface area (Å²) in [5, 5.41) is 6.45. The van der Waals surface area contributed by atoms with Crippen LogP contribution < -0.4 is 4.90 Å². The molecular formula is C24H22Cl2N4OS2. The standard InChI is InChI=1S/C24H22Cl2N4OS2/c1-13-4-6-16(7-5-13)23-29-20(12-33-23)22(31)30(24(29)32)21-14(2)27-28(15(21)3)11-17-8-9-18(25)10-19(17)26/h4-10,20,23H,11-12H2,1-3H3/t20-,23-/m1/s1. The lowest BCUT2D eigenvalue weighted by molar-refractivity contribution is -0.119. The van der Waals surface area contributed by atoms with Crippen LogP contribution in [-0.2, 0) is 11.3 Å². The predicted octanol–water partition coefficient (Wildman–Crippen LogP) is 5.91. The highest BCUT2D eigenvalue weighted by atomic mass is 35.5. The van der Waals surface area contributed by atoms with Gasteiger partial charge in [-0.15, -0.1) is 11.8 Å². The zero-order valence-corrected chi connectivity index (χ0v) is 21.5. The minimum absolute atomic E-state index is 0.0115. The third-order valence-electron chi connectivity index (χ3n) is 6.18. The first-order valence-corrected chi connectivity index (χ1v) is 12.8. The van der Waals surface area contributed by atoms with Crippen LogP contribution in [0.25, 0.3) is 0 Å². The van der Waals surface area contributed by atoms with E-state index >= 15 is 0 Å². The molecule has 9 heteroatoms. The van der Waals surface area contributed by atoms with Crippen LogP contribution in [0.3, 0.4) is 0 Å². The quantitative estimate of drug-likeness (QED) is 0.403. The van der Waals surface area contributed by atoms with E-state index in [0.29, 0.717) is 27.5 Å². The number of carbonyl (C=O) groups excluding carboxylic acids is 1. The van der Waals surface area contributed by atoms with Gasteiger partial charge < -0.3 is 4.90 Å². The summed E-state index contributed by atoms with van der Waals surface area (Å²) in [4.78, 5) is 17.3. The number of halogens is 2. The number of carbonyl (C=O) groups is 1. The maximum atomic E-state index is 13.5. The number of fused-ring (bicyclic) bond motifs is 1. The van der Waals surface area contributed by atoms with Crippen LogP contribution in [0.4, 0.5) is 5.69 Å². The second-order valence-corrected chi connectivity index (χ2v) is 10.7. The van der Waals surface area contributed by atoms with Crippen molar-refractivity contribution in [1.82, 2.24) is 14.7 Å². The lowest BCUT2D eigenvalue weighted by Gasteiger charge is -2.25. The number of hydrogen-bond donors (Lipinski definition) is 0. The van der Waals surface area contributed by atoms with Gasteiger partial charge in [-0.2, -0.15) is 5.10 Å². The van der Waals surface area contributed by atoms with Crippen molar-refractivity contribution < 1.29 is 4.79 Å². The SMILES string of the molecule is Cc1ccc([C@H]2SC[C@@H]3C(=O)N(c4c(C)nn(Cc5ccc(Cl)cc5Cl)c4C)C(=S)N32)cc1. The summed E-state index contributed by atoms with van der Waals surface area (Å²) in [6.07, 6.45) is 0. The highest BCUT2D eigenvalue weighted by Gasteiger charge is 2.51. The second-order valence-electron chi connectivity index (χ2n) is 8.39. The monoisotopic (exact) mass is 516 g/mol. The molecule has 3 heterocycles. The van der Waals surface area contributed by atoms with E-state index in [1.165, 1.54) is 5.56 Å². The van der Waals surface area contributed by atoms with Crippen molar-refractivity contribution in [3.05, 3.63) is 80.6 Å². The van der Waals surface area contributed by atoms with Gasteiger partial charge in [-0.25, -0.2) is 0 Å². The Morgan fingerprint density at radius 2 is 1.85 bits per heavy atom. The molecule has 0 N–H and O–H groups in total. The van der Waals surface area contributed by atoms with Gasteiger partial charge in [-0.1, -0.05) is 59.1 Å². The molecular weight excluding hydrogens is 495 g/mol. The van der Waals surface area contributed by atoms with Crippen molar-refractivity contribution in [1.29, 1.82) is 0 Å². The molecule has 0 saturated carbocycles. The highest BCUT2D eigenvalue weighted by molar-refractivity contribution is 7.99. The highest BCUT2D eigenvalue weighted by Crippen LogP contribution is 2.47. The molecule has 0 unspecified atom stereocenters. The molecule has 33 heavy (non-hydrogen) atoms. The van der Waals surface area contributed by atoms with E-state index in [2.05, 4.69) is 36.1 Å². The van der Waals surface area contributed by atoms with E-state index in [1.807, 2.05) is 30.7 Å². The van der Waals surface area contributed by atoms with Crippen LogP contribution in [0.1, 0.15) is 33.5 Å². The Hall–Kier alpha value is -2.06. The van der Waals surface area contributed by atoms with E-state index < -0.39 is 0 Å². The van der Waals surface area contributed by atoms with Crippen molar-refractivity contribution in [2.75, 3.05) is 10.7 Å². The van der Waals surface area contributed by atoms with Crippen LogP contribution in [0.5, 0.6) is 0 Å². The van der Waals surface area contributed by atoms with Gasteiger partial charge in [0.1, 0.15) is 11.4 Å². The van der Waals surface area contributed by atoms with Crippen LogP contribution in [0, 0.1) is 20.8 Å². The molecule has 5 rings (SSSR count). The lowest BCUT2D eigenvalue weighted by atomic mass is 10.1. The number of hydrogen-bond acceptors (Lipinski definition) is 4. The van der Waals surface area contributed by atoms with Gasteiger partial charge in [0.2, 0.25) is 0 Å². The number of benzene rings is 2. The normalized spacial score (nSPS) is 20.2. The smallest absolute Gasteiger partial charge is 0.257 e. The van der Waals surface area contributed by atoms with Crippen molar-refractivity contribution in [3.8, 4) is 0 Å². The van der Waals surface area contributed by atoms with Gasteiger partial charge in [0, 0.05) is 15.8 Å². The molecule has 2 aliphatic heterocycles. The van der Waals surface area contributed by atoms with E-state index in [4.69, 9.17) is 40.5 Å². The Kier molecular flexibility index (Phi) is 5.93. The summed E-state index contributed by atoms with van der Waals surface area (Å²) >= 11 is 20.1. The van der Waals surface area contributed by atoms with E-state index in [9.17, 15) is 4.79 Å². The minimum atomic E-state index is -0.262. The average Bonchev–Trinajstić information content (AvgIpc) is 3.39. The van der Waals surface area contributed by atoms with Crippen molar-refractivity contribution in [3.63, 3.8) is 0 Å². The van der Waals surface area contributed by atoms with Gasteiger partial charge in [0.05, 0.1) is 23.6 Å². The molecule has 0 radical (unpaired) electrons. The van der Waals surface area contributed by atoms with Crippen molar-refractivity contribution >= 4 is 63.9 Å². The summed E-state index contributed by atoms with van der Waals surface area (Å²) in [6, 6.07) is 13.6.